The maximum Gasteiger partial charge on any atom is 0.186 e. The van der Waals surface area contributed by atoms with Gasteiger partial charge >= 0.3 is 0 Å². The molecule has 0 aliphatic rings. The molecule has 0 aliphatic heterocycles. The standard InChI is InChI=1S/C24H21N5O2/c1-30-18-12-13-21(31-2)17(14-18)15-25-23-19-10-6-7-11-20(19)29-24(26-23)22(27-28-29)16-8-4-3-5-9-16/h3-14H,15H2,1-2H3,(H,25,26). The van der Waals surface area contributed by atoms with Gasteiger partial charge in [-0.2, -0.15) is 4.52 Å². The molecule has 2 heterocycles. The Morgan fingerprint density at radius 3 is 2.52 bits per heavy atom. The second kappa shape index (κ2) is 7.95. The van der Waals surface area contributed by atoms with E-state index < -0.39 is 0 Å². The lowest BCUT2D eigenvalue weighted by Gasteiger charge is -2.13. The molecule has 154 valence electrons. The van der Waals surface area contributed by atoms with Crippen LogP contribution in [0.2, 0.25) is 0 Å². The first kappa shape index (κ1) is 18.9. The van der Waals surface area contributed by atoms with Crippen molar-refractivity contribution in [1.29, 1.82) is 0 Å². The SMILES string of the molecule is COc1ccc(OC)c(CNc2nc3c(-c4ccccc4)nnn3c3ccccc23)c1. The topological polar surface area (TPSA) is 73.6 Å². The molecule has 5 aromatic rings. The van der Waals surface area contributed by atoms with E-state index in [1.165, 1.54) is 0 Å². The zero-order valence-electron chi connectivity index (χ0n) is 17.2. The van der Waals surface area contributed by atoms with Crippen molar-refractivity contribution < 1.29 is 9.47 Å². The van der Waals surface area contributed by atoms with Gasteiger partial charge in [-0.15, -0.1) is 5.10 Å². The van der Waals surface area contributed by atoms with E-state index in [9.17, 15) is 0 Å². The first-order valence-electron chi connectivity index (χ1n) is 9.93. The molecule has 2 aromatic heterocycles. The minimum absolute atomic E-state index is 0.524. The Morgan fingerprint density at radius 2 is 1.71 bits per heavy atom. The summed E-state index contributed by atoms with van der Waals surface area (Å²) < 4.78 is 12.7. The molecule has 0 aliphatic carbocycles. The number of ether oxygens (including phenoxy) is 2. The molecule has 0 bridgehead atoms. The Hall–Kier alpha value is -4.13. The second-order valence-corrected chi connectivity index (χ2v) is 7.05. The van der Waals surface area contributed by atoms with Crippen molar-refractivity contribution in [3.05, 3.63) is 78.4 Å². The van der Waals surface area contributed by atoms with Gasteiger partial charge in [0.2, 0.25) is 0 Å². The number of hydrogen-bond acceptors (Lipinski definition) is 6. The first-order valence-corrected chi connectivity index (χ1v) is 9.93. The predicted molar refractivity (Wildman–Crippen MR) is 121 cm³/mol. The predicted octanol–water partition coefficient (Wildman–Crippen LogP) is 4.57. The fraction of sp³-hybridized carbons (Fsp3) is 0.125. The molecule has 5 rings (SSSR count). The van der Waals surface area contributed by atoms with Gasteiger partial charge in [-0.05, 0) is 30.3 Å². The lowest BCUT2D eigenvalue weighted by molar-refractivity contribution is 0.399. The van der Waals surface area contributed by atoms with E-state index in [0.29, 0.717) is 12.2 Å². The number of fused-ring (bicyclic) bond motifs is 3. The number of benzene rings is 3. The number of methoxy groups -OCH3 is 2. The van der Waals surface area contributed by atoms with Gasteiger partial charge in [-0.25, -0.2) is 4.98 Å². The van der Waals surface area contributed by atoms with Crippen LogP contribution in [-0.4, -0.2) is 34.0 Å². The normalized spacial score (nSPS) is 11.0. The lowest BCUT2D eigenvalue weighted by Crippen LogP contribution is -2.06. The van der Waals surface area contributed by atoms with Crippen molar-refractivity contribution in [3.8, 4) is 22.8 Å². The molecule has 0 fully saturated rings. The average molecular weight is 411 g/mol. The van der Waals surface area contributed by atoms with E-state index in [1.807, 2.05) is 72.8 Å². The van der Waals surface area contributed by atoms with Gasteiger partial charge in [0.1, 0.15) is 23.0 Å². The Kier molecular flexibility index (Phi) is 4.84. The summed E-state index contributed by atoms with van der Waals surface area (Å²) in [5.41, 5.74) is 4.32. The van der Waals surface area contributed by atoms with Crippen molar-refractivity contribution in [3.63, 3.8) is 0 Å². The molecule has 0 saturated carbocycles. The molecule has 31 heavy (non-hydrogen) atoms. The van der Waals surface area contributed by atoms with Gasteiger partial charge in [0.05, 0.1) is 19.7 Å². The highest BCUT2D eigenvalue weighted by atomic mass is 16.5. The van der Waals surface area contributed by atoms with Gasteiger partial charge < -0.3 is 14.8 Å². The van der Waals surface area contributed by atoms with Crippen LogP contribution >= 0.6 is 0 Å². The van der Waals surface area contributed by atoms with E-state index in [4.69, 9.17) is 14.5 Å². The van der Waals surface area contributed by atoms with Crippen molar-refractivity contribution in [2.24, 2.45) is 0 Å². The summed E-state index contributed by atoms with van der Waals surface area (Å²) in [5.74, 6) is 2.32. The molecule has 0 amide bonds. The van der Waals surface area contributed by atoms with Crippen molar-refractivity contribution in [1.82, 2.24) is 19.8 Å². The molecule has 7 heteroatoms. The number of aromatic nitrogens is 4. The van der Waals surface area contributed by atoms with Crippen LogP contribution in [0.5, 0.6) is 11.5 Å². The summed E-state index contributed by atoms with van der Waals surface area (Å²) in [4.78, 5) is 4.91. The minimum atomic E-state index is 0.524. The van der Waals surface area contributed by atoms with E-state index in [1.54, 1.807) is 18.7 Å². The van der Waals surface area contributed by atoms with Crippen LogP contribution in [0.4, 0.5) is 5.82 Å². The smallest absolute Gasteiger partial charge is 0.186 e. The van der Waals surface area contributed by atoms with Crippen LogP contribution in [-0.2, 0) is 6.54 Å². The van der Waals surface area contributed by atoms with E-state index in [2.05, 4.69) is 15.6 Å². The van der Waals surface area contributed by atoms with Crippen LogP contribution in [0.25, 0.3) is 27.8 Å². The van der Waals surface area contributed by atoms with E-state index in [-0.39, 0.29) is 0 Å². The molecule has 7 nitrogen and oxygen atoms in total. The zero-order chi connectivity index (χ0) is 21.2. The Bertz CT molecular complexity index is 1370. The molecule has 1 N–H and O–H groups in total. The maximum atomic E-state index is 5.52. The maximum absolute atomic E-state index is 5.52. The van der Waals surface area contributed by atoms with Gasteiger partial charge in [0, 0.05) is 23.1 Å². The molecular formula is C24H21N5O2. The van der Waals surface area contributed by atoms with Gasteiger partial charge in [0.15, 0.2) is 5.65 Å². The summed E-state index contributed by atoms with van der Waals surface area (Å²) in [6.07, 6.45) is 0. The van der Waals surface area contributed by atoms with Crippen LogP contribution < -0.4 is 14.8 Å². The van der Waals surface area contributed by atoms with Crippen LogP contribution in [0.15, 0.2) is 72.8 Å². The highest BCUT2D eigenvalue weighted by molar-refractivity contribution is 5.93. The fourth-order valence-electron chi connectivity index (χ4n) is 3.68. The van der Waals surface area contributed by atoms with Crippen molar-refractivity contribution >= 4 is 22.4 Å². The molecule has 0 radical (unpaired) electrons. The van der Waals surface area contributed by atoms with Crippen LogP contribution in [0.3, 0.4) is 0 Å². The molecule has 0 unspecified atom stereocenters. The molecular weight excluding hydrogens is 390 g/mol. The average Bonchev–Trinajstić information content (AvgIpc) is 3.27. The third kappa shape index (κ3) is 3.40. The summed E-state index contributed by atoms with van der Waals surface area (Å²) in [7, 11) is 3.31. The Morgan fingerprint density at radius 1 is 0.903 bits per heavy atom. The summed E-state index contributed by atoms with van der Waals surface area (Å²) in [5, 5.41) is 13.2. The van der Waals surface area contributed by atoms with Gasteiger partial charge in [-0.3, -0.25) is 0 Å². The minimum Gasteiger partial charge on any atom is -0.497 e. The largest absolute Gasteiger partial charge is 0.497 e. The Balaban J connectivity index is 1.61. The third-order valence-corrected chi connectivity index (χ3v) is 5.23. The monoisotopic (exact) mass is 411 g/mol. The van der Waals surface area contributed by atoms with Crippen molar-refractivity contribution in [2.75, 3.05) is 19.5 Å². The lowest BCUT2D eigenvalue weighted by atomic mass is 10.1. The fourth-order valence-corrected chi connectivity index (χ4v) is 3.68. The number of anilines is 1. The highest BCUT2D eigenvalue weighted by Gasteiger charge is 2.16. The molecule has 0 spiro atoms. The number of para-hydroxylation sites is 1. The van der Waals surface area contributed by atoms with E-state index in [0.717, 1.165) is 45.0 Å². The third-order valence-electron chi connectivity index (χ3n) is 5.23. The summed E-state index contributed by atoms with van der Waals surface area (Å²) >= 11 is 0. The number of hydrogen-bond donors (Lipinski definition) is 1. The number of nitrogens with zero attached hydrogens (tertiary/aromatic N) is 4. The molecule has 0 atom stereocenters. The second-order valence-electron chi connectivity index (χ2n) is 7.05. The summed E-state index contributed by atoms with van der Waals surface area (Å²) in [6.45, 7) is 0.524. The molecule has 3 aromatic carbocycles. The quantitative estimate of drug-likeness (QED) is 0.441. The zero-order valence-corrected chi connectivity index (χ0v) is 17.2. The van der Waals surface area contributed by atoms with Crippen LogP contribution in [0.1, 0.15) is 5.56 Å². The number of rotatable bonds is 6. The number of nitrogens with one attached hydrogen (secondary N) is 1. The molecule has 0 saturated heterocycles. The van der Waals surface area contributed by atoms with E-state index >= 15 is 0 Å². The van der Waals surface area contributed by atoms with Crippen LogP contribution in [0, 0.1) is 0 Å². The highest BCUT2D eigenvalue weighted by Crippen LogP contribution is 2.29. The first-order chi connectivity index (χ1) is 15.3. The van der Waals surface area contributed by atoms with Gasteiger partial charge in [0.25, 0.3) is 0 Å². The summed E-state index contributed by atoms with van der Waals surface area (Å²) in [6, 6.07) is 23.7. The van der Waals surface area contributed by atoms with Crippen molar-refractivity contribution in [2.45, 2.75) is 6.54 Å². The Labute approximate surface area is 179 Å². The van der Waals surface area contributed by atoms with Gasteiger partial charge in [-0.1, -0.05) is 47.7 Å².